The standard InChI is InChI=1S/C19H22N2O4S2/c1-5-25-18(23)11-17-21(12-16(22)20(2)3)19(24)15(27-17)10-13-6-8-14(26-4)9-7-13/h6-11H,5,12H2,1-4H3/b15-10+,17-11-. The van der Waals surface area contributed by atoms with E-state index < -0.39 is 5.97 Å². The van der Waals surface area contributed by atoms with Gasteiger partial charge in [-0.3, -0.25) is 14.2 Å². The Morgan fingerprint density at radius 3 is 2.48 bits per heavy atom. The Hall–Kier alpha value is -2.32. The third-order valence-corrected chi connectivity index (χ3v) is 5.47. The lowest BCUT2D eigenvalue weighted by molar-refractivity contribution is -0.135. The summed E-state index contributed by atoms with van der Waals surface area (Å²) >= 11 is 2.80. The number of aromatic nitrogens is 1. The summed E-state index contributed by atoms with van der Waals surface area (Å²) in [5, 5.41) is 0. The van der Waals surface area contributed by atoms with Gasteiger partial charge in [-0.05, 0) is 37.0 Å². The van der Waals surface area contributed by atoms with Crippen molar-refractivity contribution in [1.82, 2.24) is 9.47 Å². The summed E-state index contributed by atoms with van der Waals surface area (Å²) in [6, 6.07) is 7.80. The van der Waals surface area contributed by atoms with E-state index in [0.717, 1.165) is 21.8 Å². The quantitative estimate of drug-likeness (QED) is 0.527. The number of amides is 1. The Kier molecular flexibility index (Phi) is 7.44. The lowest BCUT2D eigenvalue weighted by atomic mass is 10.2. The third kappa shape index (κ3) is 5.58. The normalized spacial score (nSPS) is 12.3. The van der Waals surface area contributed by atoms with E-state index in [1.165, 1.54) is 15.5 Å². The number of benzene rings is 1. The number of likely N-dealkylation sites (N-methyl/N-ethyl adjacent to an activating group) is 1. The Labute approximate surface area is 165 Å². The first-order valence-corrected chi connectivity index (χ1v) is 10.3. The van der Waals surface area contributed by atoms with Gasteiger partial charge >= 0.3 is 5.97 Å². The van der Waals surface area contributed by atoms with Crippen LogP contribution in [0.1, 0.15) is 12.5 Å². The van der Waals surface area contributed by atoms with Crippen molar-refractivity contribution < 1.29 is 14.3 Å². The molecule has 0 bridgehead atoms. The zero-order valence-corrected chi connectivity index (χ0v) is 17.4. The first-order valence-electron chi connectivity index (χ1n) is 8.29. The van der Waals surface area contributed by atoms with Gasteiger partial charge in [0, 0.05) is 19.0 Å². The Bertz CT molecular complexity index is 988. The Morgan fingerprint density at radius 2 is 1.93 bits per heavy atom. The number of rotatable bonds is 6. The maximum Gasteiger partial charge on any atom is 0.333 e. The highest BCUT2D eigenvalue weighted by Gasteiger charge is 2.12. The molecule has 2 aromatic rings. The van der Waals surface area contributed by atoms with Crippen LogP contribution in [0.3, 0.4) is 0 Å². The number of ether oxygens (including phenoxy) is 1. The molecule has 0 spiro atoms. The predicted octanol–water partition coefficient (Wildman–Crippen LogP) is 0.892. The average molecular weight is 407 g/mol. The van der Waals surface area contributed by atoms with E-state index in [0.29, 0.717) is 9.20 Å². The number of esters is 1. The van der Waals surface area contributed by atoms with E-state index in [1.807, 2.05) is 30.5 Å². The third-order valence-electron chi connectivity index (χ3n) is 3.67. The highest BCUT2D eigenvalue weighted by atomic mass is 32.2. The van der Waals surface area contributed by atoms with Crippen molar-refractivity contribution >= 4 is 47.1 Å². The number of hydrogen-bond donors (Lipinski definition) is 0. The molecule has 6 nitrogen and oxygen atoms in total. The SMILES string of the molecule is CCOC(=O)/C=c1\s/c(=C/c2ccc(SC)cc2)c(=O)n1CC(=O)N(C)C. The van der Waals surface area contributed by atoms with Crippen molar-refractivity contribution in [2.24, 2.45) is 0 Å². The van der Waals surface area contributed by atoms with Gasteiger partial charge in [0.25, 0.3) is 5.56 Å². The van der Waals surface area contributed by atoms with Crippen LogP contribution in [-0.4, -0.2) is 48.3 Å². The zero-order valence-electron chi connectivity index (χ0n) is 15.7. The topological polar surface area (TPSA) is 68.6 Å². The fourth-order valence-electron chi connectivity index (χ4n) is 2.21. The van der Waals surface area contributed by atoms with Crippen LogP contribution >= 0.6 is 23.1 Å². The summed E-state index contributed by atoms with van der Waals surface area (Å²) in [5.74, 6) is -0.773. The van der Waals surface area contributed by atoms with E-state index in [4.69, 9.17) is 4.74 Å². The summed E-state index contributed by atoms with van der Waals surface area (Å²) in [7, 11) is 3.24. The van der Waals surface area contributed by atoms with Gasteiger partial charge in [-0.25, -0.2) is 4.79 Å². The summed E-state index contributed by atoms with van der Waals surface area (Å²) in [6.45, 7) is 1.81. The van der Waals surface area contributed by atoms with Crippen molar-refractivity contribution in [2.45, 2.75) is 18.4 Å². The molecule has 0 aliphatic heterocycles. The van der Waals surface area contributed by atoms with Crippen molar-refractivity contribution in [3.05, 3.63) is 49.4 Å². The molecule has 2 rings (SSSR count). The molecule has 0 unspecified atom stereocenters. The fraction of sp³-hybridized carbons (Fsp3) is 0.316. The number of thioether (sulfide) groups is 1. The molecule has 1 heterocycles. The minimum atomic E-state index is -0.541. The number of hydrogen-bond acceptors (Lipinski definition) is 6. The summed E-state index contributed by atoms with van der Waals surface area (Å²) < 4.78 is 7.09. The van der Waals surface area contributed by atoms with Gasteiger partial charge in [-0.1, -0.05) is 12.1 Å². The number of carbonyl (C=O) groups is 2. The van der Waals surface area contributed by atoms with Crippen LogP contribution in [0.5, 0.6) is 0 Å². The van der Waals surface area contributed by atoms with Gasteiger partial charge in [0.2, 0.25) is 5.91 Å². The van der Waals surface area contributed by atoms with Crippen LogP contribution in [0.4, 0.5) is 0 Å². The van der Waals surface area contributed by atoms with E-state index in [1.54, 1.807) is 38.9 Å². The van der Waals surface area contributed by atoms with Crippen LogP contribution in [0.25, 0.3) is 12.2 Å². The number of nitrogens with zero attached hydrogens (tertiary/aromatic N) is 2. The molecule has 27 heavy (non-hydrogen) atoms. The molecular formula is C19H22N2O4S2. The van der Waals surface area contributed by atoms with E-state index in [-0.39, 0.29) is 24.6 Å². The largest absolute Gasteiger partial charge is 0.463 e. The molecule has 0 saturated heterocycles. The summed E-state index contributed by atoms with van der Waals surface area (Å²) in [4.78, 5) is 39.3. The summed E-state index contributed by atoms with van der Waals surface area (Å²) in [6.07, 6.45) is 5.01. The molecule has 144 valence electrons. The molecule has 8 heteroatoms. The van der Waals surface area contributed by atoms with Gasteiger partial charge in [0.1, 0.15) is 11.2 Å². The molecule has 1 aromatic heterocycles. The van der Waals surface area contributed by atoms with Crippen molar-refractivity contribution in [2.75, 3.05) is 27.0 Å². The monoisotopic (exact) mass is 406 g/mol. The molecule has 0 N–H and O–H groups in total. The first kappa shape index (κ1) is 21.0. The second kappa shape index (κ2) is 9.57. The molecule has 0 atom stereocenters. The van der Waals surface area contributed by atoms with Crippen LogP contribution in [0, 0.1) is 0 Å². The molecule has 1 aromatic carbocycles. The van der Waals surface area contributed by atoms with Gasteiger partial charge in [0.15, 0.2) is 0 Å². The van der Waals surface area contributed by atoms with E-state index in [9.17, 15) is 14.4 Å². The van der Waals surface area contributed by atoms with Crippen LogP contribution in [0.15, 0.2) is 34.0 Å². The smallest absolute Gasteiger partial charge is 0.333 e. The molecule has 1 amide bonds. The average Bonchev–Trinajstić information content (AvgIpc) is 2.91. The maximum atomic E-state index is 12.8. The molecule has 0 aliphatic rings. The maximum absolute atomic E-state index is 12.8. The fourth-order valence-corrected chi connectivity index (χ4v) is 3.64. The van der Waals surface area contributed by atoms with Gasteiger partial charge in [-0.15, -0.1) is 23.1 Å². The van der Waals surface area contributed by atoms with Gasteiger partial charge in [-0.2, -0.15) is 0 Å². The number of thiazole rings is 1. The minimum absolute atomic E-state index is 0.132. The lowest BCUT2D eigenvalue weighted by Gasteiger charge is -2.10. The van der Waals surface area contributed by atoms with Crippen molar-refractivity contribution in [3.63, 3.8) is 0 Å². The first-order chi connectivity index (χ1) is 12.8. The van der Waals surface area contributed by atoms with E-state index in [2.05, 4.69) is 0 Å². The van der Waals surface area contributed by atoms with Gasteiger partial charge in [0.05, 0.1) is 17.2 Å². The molecule has 0 aliphatic carbocycles. The van der Waals surface area contributed by atoms with E-state index >= 15 is 0 Å². The van der Waals surface area contributed by atoms with Gasteiger partial charge < -0.3 is 9.64 Å². The molecule has 0 saturated carbocycles. The van der Waals surface area contributed by atoms with Crippen LogP contribution in [0.2, 0.25) is 0 Å². The van der Waals surface area contributed by atoms with Crippen molar-refractivity contribution in [3.8, 4) is 0 Å². The van der Waals surface area contributed by atoms with Crippen LogP contribution < -0.4 is 14.8 Å². The van der Waals surface area contributed by atoms with Crippen LogP contribution in [-0.2, 0) is 20.9 Å². The molecule has 0 radical (unpaired) electrons. The minimum Gasteiger partial charge on any atom is -0.463 e. The highest BCUT2D eigenvalue weighted by molar-refractivity contribution is 7.98. The highest BCUT2D eigenvalue weighted by Crippen LogP contribution is 2.14. The zero-order chi connectivity index (χ0) is 20.0. The second-order valence-corrected chi connectivity index (χ2v) is 7.74. The molecule has 0 fully saturated rings. The predicted molar refractivity (Wildman–Crippen MR) is 109 cm³/mol. The van der Waals surface area contributed by atoms with Crippen molar-refractivity contribution in [1.29, 1.82) is 0 Å². The Morgan fingerprint density at radius 1 is 1.26 bits per heavy atom. The Balaban J connectivity index is 2.57. The summed E-state index contributed by atoms with van der Waals surface area (Å²) in [5.41, 5.74) is 0.569. The number of carbonyl (C=O) groups excluding carboxylic acids is 2. The molecular weight excluding hydrogens is 384 g/mol. The second-order valence-electron chi connectivity index (χ2n) is 5.80. The lowest BCUT2D eigenvalue weighted by Crippen LogP contribution is -2.38.